The smallest absolute Gasteiger partial charge is 0.306 e. The van der Waals surface area contributed by atoms with Gasteiger partial charge in [-0.15, -0.1) is 11.3 Å². The summed E-state index contributed by atoms with van der Waals surface area (Å²) in [6.07, 6.45) is -0.0119. The van der Waals surface area contributed by atoms with Crippen molar-refractivity contribution in [2.45, 2.75) is 26.7 Å². The fourth-order valence-corrected chi connectivity index (χ4v) is 2.80. The molecular weight excluding hydrogens is 366 g/mol. The predicted molar refractivity (Wildman–Crippen MR) is 103 cm³/mol. The third kappa shape index (κ3) is 6.45. The van der Waals surface area contributed by atoms with Crippen molar-refractivity contribution >= 4 is 40.5 Å². The van der Waals surface area contributed by atoms with Crippen LogP contribution in [0.3, 0.4) is 0 Å². The lowest BCUT2D eigenvalue weighted by Gasteiger charge is -2.08. The number of thiophene rings is 1. The van der Waals surface area contributed by atoms with Gasteiger partial charge in [0.15, 0.2) is 18.2 Å². The first kappa shape index (κ1) is 20.5. The van der Waals surface area contributed by atoms with Crippen molar-refractivity contribution < 1.29 is 23.9 Å². The molecule has 1 aromatic carbocycles. The van der Waals surface area contributed by atoms with E-state index in [0.717, 1.165) is 0 Å². The zero-order valence-electron chi connectivity index (χ0n) is 15.2. The van der Waals surface area contributed by atoms with Gasteiger partial charge in [-0.1, -0.05) is 19.9 Å². The first-order valence-electron chi connectivity index (χ1n) is 8.53. The molecule has 1 N–H and O–H groups in total. The summed E-state index contributed by atoms with van der Waals surface area (Å²) in [4.78, 5) is 47.9. The largest absolute Gasteiger partial charge is 0.457 e. The SMILES string of the molecule is CC(C)C(=O)Nc1ccc(C(=O)COC(=O)CCC(=O)c2cccs2)cc1. The van der Waals surface area contributed by atoms with E-state index >= 15 is 0 Å². The molecule has 1 heterocycles. The molecule has 1 aromatic heterocycles. The predicted octanol–water partition coefficient (Wildman–Crippen LogP) is 3.73. The van der Waals surface area contributed by atoms with Gasteiger partial charge in [-0.05, 0) is 35.7 Å². The number of carbonyl (C=O) groups excluding carboxylic acids is 4. The van der Waals surface area contributed by atoms with Crippen LogP contribution in [0.5, 0.6) is 0 Å². The van der Waals surface area contributed by atoms with Gasteiger partial charge in [-0.25, -0.2) is 0 Å². The Kier molecular flexibility index (Phi) is 7.43. The van der Waals surface area contributed by atoms with E-state index in [2.05, 4.69) is 5.32 Å². The number of carbonyl (C=O) groups is 4. The number of anilines is 1. The van der Waals surface area contributed by atoms with E-state index in [1.165, 1.54) is 11.3 Å². The van der Waals surface area contributed by atoms with Gasteiger partial charge >= 0.3 is 5.97 Å². The fraction of sp³-hybridized carbons (Fsp3) is 0.300. The minimum absolute atomic E-state index is 0.0534. The first-order chi connectivity index (χ1) is 12.9. The summed E-state index contributed by atoms with van der Waals surface area (Å²) < 4.78 is 4.95. The van der Waals surface area contributed by atoms with Crippen LogP contribution in [0.4, 0.5) is 5.69 Å². The molecule has 142 valence electrons. The van der Waals surface area contributed by atoms with Crippen molar-refractivity contribution in [1.82, 2.24) is 0 Å². The maximum Gasteiger partial charge on any atom is 0.306 e. The molecule has 0 aliphatic heterocycles. The van der Waals surface area contributed by atoms with Crippen molar-refractivity contribution in [3.63, 3.8) is 0 Å². The number of hydrogen-bond acceptors (Lipinski definition) is 6. The Hall–Kier alpha value is -2.80. The Morgan fingerprint density at radius 2 is 1.70 bits per heavy atom. The lowest BCUT2D eigenvalue weighted by molar-refractivity contribution is -0.142. The number of amides is 1. The maximum absolute atomic E-state index is 12.1. The summed E-state index contributed by atoms with van der Waals surface area (Å²) in [6, 6.07) is 9.84. The van der Waals surface area contributed by atoms with Crippen molar-refractivity contribution in [1.29, 1.82) is 0 Å². The second kappa shape index (κ2) is 9.78. The van der Waals surface area contributed by atoms with Crippen LogP contribution in [-0.4, -0.2) is 30.0 Å². The molecule has 0 saturated heterocycles. The molecule has 0 fully saturated rings. The summed E-state index contributed by atoms with van der Waals surface area (Å²) in [5.74, 6) is -1.31. The molecule has 2 rings (SSSR count). The van der Waals surface area contributed by atoms with Crippen LogP contribution in [0.2, 0.25) is 0 Å². The number of rotatable bonds is 9. The second-order valence-electron chi connectivity index (χ2n) is 6.21. The molecule has 7 heteroatoms. The van der Waals surface area contributed by atoms with Gasteiger partial charge in [0.25, 0.3) is 0 Å². The molecule has 0 radical (unpaired) electrons. The van der Waals surface area contributed by atoms with Crippen LogP contribution in [0.15, 0.2) is 41.8 Å². The lowest BCUT2D eigenvalue weighted by Crippen LogP contribution is -2.18. The van der Waals surface area contributed by atoms with Crippen LogP contribution in [0, 0.1) is 5.92 Å². The topological polar surface area (TPSA) is 89.5 Å². The summed E-state index contributed by atoms with van der Waals surface area (Å²) in [5, 5.41) is 4.53. The third-order valence-electron chi connectivity index (χ3n) is 3.72. The molecule has 0 bridgehead atoms. The summed E-state index contributed by atoms with van der Waals surface area (Å²) in [5.41, 5.74) is 0.967. The quantitative estimate of drug-likeness (QED) is 0.523. The number of Topliss-reactive ketones (excluding diaryl/α,β-unsaturated/α-hetero) is 2. The molecule has 1 amide bonds. The average Bonchev–Trinajstić information content (AvgIpc) is 3.19. The molecule has 0 atom stereocenters. The third-order valence-corrected chi connectivity index (χ3v) is 4.63. The van der Waals surface area contributed by atoms with Gasteiger partial charge in [-0.2, -0.15) is 0 Å². The molecule has 2 aromatic rings. The molecule has 0 saturated carbocycles. The Labute approximate surface area is 161 Å². The van der Waals surface area contributed by atoms with Crippen molar-refractivity contribution in [3.8, 4) is 0 Å². The van der Waals surface area contributed by atoms with E-state index in [4.69, 9.17) is 4.74 Å². The zero-order chi connectivity index (χ0) is 19.8. The highest BCUT2D eigenvalue weighted by Gasteiger charge is 2.14. The van der Waals surface area contributed by atoms with Gasteiger partial charge < -0.3 is 10.1 Å². The standard InChI is InChI=1S/C20H21NO5S/c1-13(2)20(25)21-15-7-5-14(6-8-15)17(23)12-26-19(24)10-9-16(22)18-4-3-11-27-18/h3-8,11,13H,9-10,12H2,1-2H3,(H,21,25). The molecule has 0 aliphatic carbocycles. The summed E-state index contributed by atoms with van der Waals surface area (Å²) in [7, 11) is 0. The number of ketones is 2. The normalized spacial score (nSPS) is 10.5. The second-order valence-corrected chi connectivity index (χ2v) is 7.15. The lowest BCUT2D eigenvalue weighted by atomic mass is 10.1. The van der Waals surface area contributed by atoms with Gasteiger partial charge in [0, 0.05) is 23.6 Å². The van der Waals surface area contributed by atoms with Crippen LogP contribution in [0.25, 0.3) is 0 Å². The molecule has 0 aliphatic rings. The van der Waals surface area contributed by atoms with Crippen molar-refractivity contribution in [2.24, 2.45) is 5.92 Å². The maximum atomic E-state index is 12.1. The number of nitrogens with one attached hydrogen (secondary N) is 1. The van der Waals surface area contributed by atoms with Crippen LogP contribution >= 0.6 is 11.3 Å². The highest BCUT2D eigenvalue weighted by molar-refractivity contribution is 7.12. The molecular formula is C20H21NO5S. The van der Waals surface area contributed by atoms with E-state index < -0.39 is 5.97 Å². The average molecular weight is 387 g/mol. The number of ether oxygens (including phenoxy) is 1. The monoisotopic (exact) mass is 387 g/mol. The Bertz CT molecular complexity index is 809. The Balaban J connectivity index is 1.77. The molecule has 0 spiro atoms. The first-order valence-corrected chi connectivity index (χ1v) is 9.41. The number of esters is 1. The fourth-order valence-electron chi connectivity index (χ4n) is 2.10. The minimum atomic E-state index is -0.589. The van der Waals surface area contributed by atoms with E-state index in [-0.39, 0.29) is 42.8 Å². The van der Waals surface area contributed by atoms with E-state index in [9.17, 15) is 19.2 Å². The highest BCUT2D eigenvalue weighted by Crippen LogP contribution is 2.13. The van der Waals surface area contributed by atoms with Crippen LogP contribution in [0.1, 0.15) is 46.7 Å². The van der Waals surface area contributed by atoms with Crippen LogP contribution < -0.4 is 5.32 Å². The van der Waals surface area contributed by atoms with Gasteiger partial charge in [0.1, 0.15) is 0 Å². The number of hydrogen-bond donors (Lipinski definition) is 1. The summed E-state index contributed by atoms with van der Waals surface area (Å²) >= 11 is 1.32. The van der Waals surface area contributed by atoms with Crippen molar-refractivity contribution in [3.05, 3.63) is 52.2 Å². The van der Waals surface area contributed by atoms with Gasteiger partial charge in [-0.3, -0.25) is 19.2 Å². The Morgan fingerprint density at radius 1 is 1.00 bits per heavy atom. The molecule has 27 heavy (non-hydrogen) atoms. The van der Waals surface area contributed by atoms with Gasteiger partial charge in [0.2, 0.25) is 5.91 Å². The van der Waals surface area contributed by atoms with E-state index in [1.54, 1.807) is 55.6 Å². The van der Waals surface area contributed by atoms with E-state index in [1.807, 2.05) is 0 Å². The summed E-state index contributed by atoms with van der Waals surface area (Å²) in [6.45, 7) is 3.19. The minimum Gasteiger partial charge on any atom is -0.457 e. The van der Waals surface area contributed by atoms with Gasteiger partial charge in [0.05, 0.1) is 11.3 Å². The molecule has 0 unspecified atom stereocenters. The highest BCUT2D eigenvalue weighted by atomic mass is 32.1. The Morgan fingerprint density at radius 3 is 2.30 bits per heavy atom. The van der Waals surface area contributed by atoms with Crippen molar-refractivity contribution in [2.75, 3.05) is 11.9 Å². The molecule has 6 nitrogen and oxygen atoms in total. The number of benzene rings is 1. The van der Waals surface area contributed by atoms with E-state index in [0.29, 0.717) is 16.1 Å². The van der Waals surface area contributed by atoms with Crippen LogP contribution in [-0.2, 0) is 14.3 Å². The zero-order valence-corrected chi connectivity index (χ0v) is 16.0.